The number of rotatable bonds is 5. The Morgan fingerprint density at radius 1 is 1.43 bits per heavy atom. The minimum absolute atomic E-state index is 0. The topological polar surface area (TPSA) is 32.3 Å². The molecular weight excluding hydrogens is 284 g/mol. The summed E-state index contributed by atoms with van der Waals surface area (Å²) < 4.78 is 0. The van der Waals surface area contributed by atoms with Gasteiger partial charge < -0.3 is 10.2 Å². The minimum Gasteiger partial charge on any atom is -0.339 e. The minimum atomic E-state index is 0. The molecule has 1 saturated heterocycles. The predicted molar refractivity (Wildman–Crippen MR) is 89.8 cm³/mol. The molecular formula is C17H27ClN2O. The number of amides is 1. The fraction of sp³-hybridized carbons (Fsp3) is 0.588. The van der Waals surface area contributed by atoms with Crippen molar-refractivity contribution >= 4 is 18.3 Å². The summed E-state index contributed by atoms with van der Waals surface area (Å²) in [5, 5.41) is 3.36. The Kier molecular flexibility index (Phi) is 7.20. The average molecular weight is 311 g/mol. The van der Waals surface area contributed by atoms with Crippen LogP contribution >= 0.6 is 12.4 Å². The van der Waals surface area contributed by atoms with Crippen LogP contribution in [-0.4, -0.2) is 30.9 Å². The van der Waals surface area contributed by atoms with E-state index in [-0.39, 0.29) is 24.4 Å². The molecule has 1 aromatic carbocycles. The standard InChI is InChI=1S/C17H26N2O.ClH/c1-13-6-4-5-7-16(13)14(2)19(3)17(20)9-8-15-10-11-18-12-15;/h4-7,14-15,18H,8-12H2,1-3H3;1H. The number of benzene rings is 1. The van der Waals surface area contributed by atoms with E-state index in [1.54, 1.807) is 0 Å². The first-order valence-corrected chi connectivity index (χ1v) is 7.61. The van der Waals surface area contributed by atoms with Crippen molar-refractivity contribution in [1.29, 1.82) is 0 Å². The summed E-state index contributed by atoms with van der Waals surface area (Å²) in [5.74, 6) is 0.939. The van der Waals surface area contributed by atoms with Gasteiger partial charge in [0.2, 0.25) is 5.91 Å². The van der Waals surface area contributed by atoms with E-state index in [1.807, 2.05) is 24.1 Å². The summed E-state index contributed by atoms with van der Waals surface area (Å²) in [6.07, 6.45) is 2.89. The summed E-state index contributed by atoms with van der Waals surface area (Å²) in [6.45, 7) is 6.39. The second kappa shape index (κ2) is 8.40. The second-order valence-corrected chi connectivity index (χ2v) is 5.93. The van der Waals surface area contributed by atoms with E-state index in [0.717, 1.165) is 19.5 Å². The van der Waals surface area contributed by atoms with Crippen molar-refractivity contribution in [1.82, 2.24) is 10.2 Å². The molecule has 1 fully saturated rings. The Balaban J connectivity index is 0.00000220. The van der Waals surface area contributed by atoms with Crippen molar-refractivity contribution < 1.29 is 4.79 Å². The summed E-state index contributed by atoms with van der Waals surface area (Å²) in [4.78, 5) is 14.2. The first-order chi connectivity index (χ1) is 9.59. The van der Waals surface area contributed by atoms with Crippen LogP contribution in [0, 0.1) is 12.8 Å². The average Bonchev–Trinajstić information content (AvgIpc) is 2.97. The van der Waals surface area contributed by atoms with E-state index in [1.165, 1.54) is 17.5 Å². The zero-order valence-corrected chi connectivity index (χ0v) is 14.1. The highest BCUT2D eigenvalue weighted by Gasteiger charge is 2.21. The number of aryl methyl sites for hydroxylation is 1. The molecule has 1 aliphatic rings. The molecule has 1 heterocycles. The summed E-state index contributed by atoms with van der Waals surface area (Å²) in [7, 11) is 1.92. The normalized spacial score (nSPS) is 18.9. The van der Waals surface area contributed by atoms with E-state index < -0.39 is 0 Å². The zero-order chi connectivity index (χ0) is 14.5. The van der Waals surface area contributed by atoms with Crippen molar-refractivity contribution in [3.63, 3.8) is 0 Å². The SMILES string of the molecule is Cc1ccccc1C(C)N(C)C(=O)CCC1CCNC1.Cl. The third-order valence-corrected chi connectivity index (χ3v) is 4.54. The van der Waals surface area contributed by atoms with Gasteiger partial charge in [-0.1, -0.05) is 24.3 Å². The number of halogens is 1. The van der Waals surface area contributed by atoms with Crippen LogP contribution in [0.4, 0.5) is 0 Å². The fourth-order valence-electron chi connectivity index (χ4n) is 2.94. The molecule has 21 heavy (non-hydrogen) atoms. The van der Waals surface area contributed by atoms with Crippen LogP contribution in [0.2, 0.25) is 0 Å². The molecule has 0 spiro atoms. The Morgan fingerprint density at radius 2 is 2.14 bits per heavy atom. The van der Waals surface area contributed by atoms with E-state index in [4.69, 9.17) is 0 Å². The third-order valence-electron chi connectivity index (χ3n) is 4.54. The molecule has 2 rings (SSSR count). The fourth-order valence-corrected chi connectivity index (χ4v) is 2.94. The number of nitrogens with one attached hydrogen (secondary N) is 1. The summed E-state index contributed by atoms with van der Waals surface area (Å²) in [6, 6.07) is 8.45. The van der Waals surface area contributed by atoms with Crippen LogP contribution in [0.25, 0.3) is 0 Å². The highest BCUT2D eigenvalue weighted by molar-refractivity contribution is 5.85. The number of hydrogen-bond acceptors (Lipinski definition) is 2. The highest BCUT2D eigenvalue weighted by atomic mass is 35.5. The molecule has 0 saturated carbocycles. The van der Waals surface area contributed by atoms with Gasteiger partial charge in [-0.15, -0.1) is 12.4 Å². The van der Waals surface area contributed by atoms with Gasteiger partial charge in [0.05, 0.1) is 6.04 Å². The van der Waals surface area contributed by atoms with Crippen LogP contribution in [0.5, 0.6) is 0 Å². The molecule has 0 radical (unpaired) electrons. The second-order valence-electron chi connectivity index (χ2n) is 5.93. The summed E-state index contributed by atoms with van der Waals surface area (Å²) in [5.41, 5.74) is 2.49. The van der Waals surface area contributed by atoms with E-state index in [0.29, 0.717) is 12.3 Å². The number of carbonyl (C=O) groups is 1. The Bertz CT molecular complexity index is 458. The first-order valence-electron chi connectivity index (χ1n) is 7.61. The lowest BCUT2D eigenvalue weighted by Gasteiger charge is -2.27. The predicted octanol–water partition coefficient (Wildman–Crippen LogP) is 3.33. The van der Waals surface area contributed by atoms with Gasteiger partial charge in [-0.05, 0) is 56.8 Å². The van der Waals surface area contributed by atoms with Crippen LogP contribution in [-0.2, 0) is 4.79 Å². The Labute approximate surface area is 134 Å². The third kappa shape index (κ3) is 4.72. The largest absolute Gasteiger partial charge is 0.339 e. The number of carbonyl (C=O) groups excluding carboxylic acids is 1. The molecule has 4 heteroatoms. The zero-order valence-electron chi connectivity index (χ0n) is 13.3. The lowest BCUT2D eigenvalue weighted by Crippen LogP contribution is -2.30. The van der Waals surface area contributed by atoms with E-state index in [2.05, 4.69) is 31.3 Å². The molecule has 2 atom stereocenters. The molecule has 3 nitrogen and oxygen atoms in total. The first kappa shape index (κ1) is 18.0. The smallest absolute Gasteiger partial charge is 0.222 e. The van der Waals surface area contributed by atoms with E-state index >= 15 is 0 Å². The van der Waals surface area contributed by atoms with Crippen molar-refractivity contribution in [2.45, 2.75) is 39.2 Å². The van der Waals surface area contributed by atoms with Gasteiger partial charge >= 0.3 is 0 Å². The van der Waals surface area contributed by atoms with Crippen molar-refractivity contribution in [2.24, 2.45) is 5.92 Å². The Morgan fingerprint density at radius 3 is 2.76 bits per heavy atom. The maximum absolute atomic E-state index is 12.3. The molecule has 118 valence electrons. The quantitative estimate of drug-likeness (QED) is 0.905. The van der Waals surface area contributed by atoms with E-state index in [9.17, 15) is 4.79 Å². The molecule has 1 amide bonds. The molecule has 1 aliphatic heterocycles. The van der Waals surface area contributed by atoms with Crippen LogP contribution in [0.15, 0.2) is 24.3 Å². The van der Waals surface area contributed by atoms with Gasteiger partial charge in [0.15, 0.2) is 0 Å². The van der Waals surface area contributed by atoms with Crippen molar-refractivity contribution in [2.75, 3.05) is 20.1 Å². The summed E-state index contributed by atoms with van der Waals surface area (Å²) >= 11 is 0. The lowest BCUT2D eigenvalue weighted by molar-refractivity contribution is -0.132. The molecule has 1 N–H and O–H groups in total. The number of nitrogens with zero attached hydrogens (tertiary/aromatic N) is 1. The number of hydrogen-bond donors (Lipinski definition) is 1. The Hall–Kier alpha value is -1.06. The molecule has 0 bridgehead atoms. The maximum atomic E-state index is 12.3. The van der Waals surface area contributed by atoms with Crippen LogP contribution in [0.1, 0.15) is 43.4 Å². The van der Waals surface area contributed by atoms with Gasteiger partial charge in [0, 0.05) is 13.5 Å². The van der Waals surface area contributed by atoms with Crippen molar-refractivity contribution in [3.05, 3.63) is 35.4 Å². The van der Waals surface area contributed by atoms with Crippen molar-refractivity contribution in [3.8, 4) is 0 Å². The van der Waals surface area contributed by atoms with Gasteiger partial charge in [0.25, 0.3) is 0 Å². The molecule has 0 aliphatic carbocycles. The van der Waals surface area contributed by atoms with Gasteiger partial charge in [-0.2, -0.15) is 0 Å². The molecule has 0 aromatic heterocycles. The van der Waals surface area contributed by atoms with Gasteiger partial charge in [0.1, 0.15) is 0 Å². The van der Waals surface area contributed by atoms with Gasteiger partial charge in [-0.3, -0.25) is 4.79 Å². The monoisotopic (exact) mass is 310 g/mol. The molecule has 1 aromatic rings. The van der Waals surface area contributed by atoms with Gasteiger partial charge in [-0.25, -0.2) is 0 Å². The lowest BCUT2D eigenvalue weighted by atomic mass is 9.99. The molecule has 2 unspecified atom stereocenters. The highest BCUT2D eigenvalue weighted by Crippen LogP contribution is 2.23. The van der Waals surface area contributed by atoms with Crippen LogP contribution < -0.4 is 5.32 Å². The van der Waals surface area contributed by atoms with Crippen LogP contribution in [0.3, 0.4) is 0 Å². The maximum Gasteiger partial charge on any atom is 0.222 e.